The summed E-state index contributed by atoms with van der Waals surface area (Å²) in [5, 5.41) is 8.31. The number of nitrogens with zero attached hydrogens (tertiary/aromatic N) is 1. The highest BCUT2D eigenvalue weighted by Crippen LogP contribution is 2.36. The minimum Gasteiger partial charge on any atom is -0.493 e. The fourth-order valence-corrected chi connectivity index (χ4v) is 3.33. The first-order valence-corrected chi connectivity index (χ1v) is 9.05. The number of hydrogen-bond acceptors (Lipinski definition) is 5. The van der Waals surface area contributed by atoms with E-state index in [2.05, 4.69) is 0 Å². The molecular formula is C20H17NO5S. The number of carbonyl (C=O) groups excluding carboxylic acids is 2. The van der Waals surface area contributed by atoms with Gasteiger partial charge in [0.2, 0.25) is 0 Å². The van der Waals surface area contributed by atoms with Crippen molar-refractivity contribution in [3.63, 3.8) is 0 Å². The normalized spacial score (nSPS) is 15.4. The van der Waals surface area contributed by atoms with Gasteiger partial charge in [-0.05, 0) is 54.6 Å². The Bertz CT molecular complexity index is 920. The number of rotatable bonds is 6. The molecule has 0 bridgehead atoms. The lowest BCUT2D eigenvalue weighted by atomic mass is 10.2. The van der Waals surface area contributed by atoms with E-state index in [9.17, 15) is 14.4 Å². The second-order valence-corrected chi connectivity index (χ2v) is 6.91. The number of imide groups is 1. The SMILES string of the molecule is Cc1ccc(N2C(=O)S/C(=C/c3cccc(OCCC(=O)O)c3)C2=O)cc1. The van der Waals surface area contributed by atoms with E-state index in [1.54, 1.807) is 42.5 Å². The van der Waals surface area contributed by atoms with Gasteiger partial charge in [-0.2, -0.15) is 0 Å². The van der Waals surface area contributed by atoms with Gasteiger partial charge in [-0.25, -0.2) is 4.90 Å². The van der Waals surface area contributed by atoms with E-state index in [4.69, 9.17) is 9.84 Å². The molecule has 0 unspecified atom stereocenters. The lowest BCUT2D eigenvalue weighted by Gasteiger charge is -2.12. The molecule has 1 N–H and O–H groups in total. The summed E-state index contributed by atoms with van der Waals surface area (Å²) in [6.45, 7) is 1.99. The molecule has 1 aliphatic heterocycles. The molecule has 6 nitrogen and oxygen atoms in total. The molecule has 138 valence electrons. The van der Waals surface area contributed by atoms with Crippen LogP contribution in [0, 0.1) is 6.92 Å². The maximum atomic E-state index is 12.7. The van der Waals surface area contributed by atoms with Gasteiger partial charge in [0.25, 0.3) is 11.1 Å². The van der Waals surface area contributed by atoms with Crippen LogP contribution in [0.15, 0.2) is 53.4 Å². The molecule has 0 saturated carbocycles. The van der Waals surface area contributed by atoms with Crippen LogP contribution >= 0.6 is 11.8 Å². The van der Waals surface area contributed by atoms with Gasteiger partial charge in [0.1, 0.15) is 5.75 Å². The smallest absolute Gasteiger partial charge is 0.306 e. The molecule has 1 aliphatic rings. The standard InChI is InChI=1S/C20H17NO5S/c1-13-5-7-15(8-6-13)21-19(24)17(27-20(21)25)12-14-3-2-4-16(11-14)26-10-9-18(22)23/h2-8,11-12H,9-10H2,1H3,(H,22,23)/b17-12+. The first kappa shape index (κ1) is 18.7. The zero-order valence-corrected chi connectivity index (χ0v) is 15.4. The lowest BCUT2D eigenvalue weighted by molar-refractivity contribution is -0.137. The molecule has 1 fully saturated rings. The van der Waals surface area contributed by atoms with Gasteiger partial charge in [-0.3, -0.25) is 14.4 Å². The average molecular weight is 383 g/mol. The first-order chi connectivity index (χ1) is 12.9. The molecule has 1 heterocycles. The Hall–Kier alpha value is -3.06. The number of ether oxygens (including phenoxy) is 1. The summed E-state index contributed by atoms with van der Waals surface area (Å²) in [7, 11) is 0. The highest BCUT2D eigenvalue weighted by molar-refractivity contribution is 8.19. The van der Waals surface area contributed by atoms with E-state index >= 15 is 0 Å². The first-order valence-electron chi connectivity index (χ1n) is 8.23. The van der Waals surface area contributed by atoms with Crippen LogP contribution in [0.2, 0.25) is 0 Å². The Morgan fingerprint density at radius 2 is 1.93 bits per heavy atom. The van der Waals surface area contributed by atoms with Crippen molar-refractivity contribution in [2.24, 2.45) is 0 Å². The zero-order chi connectivity index (χ0) is 19.4. The van der Waals surface area contributed by atoms with Crippen LogP contribution in [0.5, 0.6) is 5.75 Å². The van der Waals surface area contributed by atoms with Gasteiger partial charge in [0.05, 0.1) is 23.6 Å². The number of thioether (sulfide) groups is 1. The maximum Gasteiger partial charge on any atom is 0.306 e. The second kappa shape index (κ2) is 8.09. The number of carboxylic acids is 1. The molecule has 2 aromatic carbocycles. The number of carboxylic acid groups (broad SMARTS) is 1. The fourth-order valence-electron chi connectivity index (χ4n) is 2.49. The topological polar surface area (TPSA) is 83.9 Å². The van der Waals surface area contributed by atoms with E-state index in [1.807, 2.05) is 19.1 Å². The molecular weight excluding hydrogens is 366 g/mol. The van der Waals surface area contributed by atoms with Crippen LogP contribution in [0.1, 0.15) is 17.5 Å². The van der Waals surface area contributed by atoms with Gasteiger partial charge in [-0.15, -0.1) is 0 Å². The molecule has 3 rings (SSSR count). The summed E-state index contributed by atoms with van der Waals surface area (Å²) < 4.78 is 5.39. The molecule has 2 amide bonds. The van der Waals surface area contributed by atoms with Crippen molar-refractivity contribution in [2.45, 2.75) is 13.3 Å². The third-order valence-corrected chi connectivity index (χ3v) is 4.70. The number of benzene rings is 2. The number of aryl methyl sites for hydroxylation is 1. The largest absolute Gasteiger partial charge is 0.493 e. The van der Waals surface area contributed by atoms with Crippen LogP contribution in [-0.4, -0.2) is 28.8 Å². The summed E-state index contributed by atoms with van der Waals surface area (Å²) in [4.78, 5) is 37.0. The second-order valence-electron chi connectivity index (χ2n) is 5.92. The highest BCUT2D eigenvalue weighted by atomic mass is 32.2. The number of aliphatic carboxylic acids is 1. The molecule has 27 heavy (non-hydrogen) atoms. The molecule has 0 aliphatic carbocycles. The Morgan fingerprint density at radius 3 is 2.63 bits per heavy atom. The third-order valence-electron chi connectivity index (χ3n) is 3.83. The molecule has 2 aromatic rings. The molecule has 1 saturated heterocycles. The van der Waals surface area contributed by atoms with Crippen molar-refractivity contribution in [2.75, 3.05) is 11.5 Å². The van der Waals surface area contributed by atoms with Crippen LogP contribution < -0.4 is 9.64 Å². The van der Waals surface area contributed by atoms with E-state index in [-0.39, 0.29) is 24.2 Å². The Kier molecular flexibility index (Phi) is 5.61. The number of anilines is 1. The fraction of sp³-hybridized carbons (Fsp3) is 0.150. The predicted molar refractivity (Wildman–Crippen MR) is 104 cm³/mol. The monoisotopic (exact) mass is 383 g/mol. The molecule has 0 spiro atoms. The van der Waals surface area contributed by atoms with Crippen molar-refractivity contribution in [3.05, 3.63) is 64.6 Å². The Balaban J connectivity index is 1.77. The lowest BCUT2D eigenvalue weighted by Crippen LogP contribution is -2.27. The summed E-state index contributed by atoms with van der Waals surface area (Å²) in [5.41, 5.74) is 2.27. The Morgan fingerprint density at radius 1 is 1.19 bits per heavy atom. The average Bonchev–Trinajstić information content (AvgIpc) is 2.89. The third kappa shape index (κ3) is 4.57. The Labute approximate surface area is 160 Å². The summed E-state index contributed by atoms with van der Waals surface area (Å²) in [6, 6.07) is 14.1. The number of carbonyl (C=O) groups is 3. The highest BCUT2D eigenvalue weighted by Gasteiger charge is 2.36. The molecule has 0 radical (unpaired) electrons. The maximum absolute atomic E-state index is 12.7. The van der Waals surface area contributed by atoms with E-state index in [0.717, 1.165) is 22.2 Å². The van der Waals surface area contributed by atoms with Crippen molar-refractivity contribution in [1.82, 2.24) is 0 Å². The quantitative estimate of drug-likeness (QED) is 0.757. The van der Waals surface area contributed by atoms with Crippen LogP contribution in [0.25, 0.3) is 6.08 Å². The van der Waals surface area contributed by atoms with Crippen LogP contribution in [0.3, 0.4) is 0 Å². The van der Waals surface area contributed by atoms with E-state index < -0.39 is 5.97 Å². The van der Waals surface area contributed by atoms with Crippen molar-refractivity contribution in [3.8, 4) is 5.75 Å². The summed E-state index contributed by atoms with van der Waals surface area (Å²) >= 11 is 0.883. The van der Waals surface area contributed by atoms with Gasteiger partial charge in [-0.1, -0.05) is 29.8 Å². The van der Waals surface area contributed by atoms with Crippen molar-refractivity contribution >= 4 is 40.6 Å². The minimum absolute atomic E-state index is 0.0583. The molecule has 0 aromatic heterocycles. The van der Waals surface area contributed by atoms with Crippen LogP contribution in [0.4, 0.5) is 10.5 Å². The van der Waals surface area contributed by atoms with Gasteiger partial charge in [0, 0.05) is 0 Å². The minimum atomic E-state index is -0.934. The summed E-state index contributed by atoms with van der Waals surface area (Å²) in [6.07, 6.45) is 1.53. The van der Waals surface area contributed by atoms with Gasteiger partial charge >= 0.3 is 5.97 Å². The zero-order valence-electron chi connectivity index (χ0n) is 14.5. The number of hydrogen-bond donors (Lipinski definition) is 1. The van der Waals surface area contributed by atoms with Crippen molar-refractivity contribution < 1.29 is 24.2 Å². The van der Waals surface area contributed by atoms with Crippen molar-refractivity contribution in [1.29, 1.82) is 0 Å². The van der Waals surface area contributed by atoms with Gasteiger partial charge < -0.3 is 9.84 Å². The predicted octanol–water partition coefficient (Wildman–Crippen LogP) is 4.09. The molecule has 7 heteroatoms. The number of amides is 2. The molecule has 0 atom stereocenters. The van der Waals surface area contributed by atoms with E-state index in [1.165, 1.54) is 0 Å². The van der Waals surface area contributed by atoms with Gasteiger partial charge in [0.15, 0.2) is 0 Å². The summed E-state index contributed by atoms with van der Waals surface area (Å²) in [5.74, 6) is -0.801. The van der Waals surface area contributed by atoms with Crippen LogP contribution in [-0.2, 0) is 9.59 Å². The van der Waals surface area contributed by atoms with E-state index in [0.29, 0.717) is 21.9 Å².